The summed E-state index contributed by atoms with van der Waals surface area (Å²) >= 11 is 5.89. The molecule has 28 heavy (non-hydrogen) atoms. The number of aliphatic hydroxyl groups excluding tert-OH is 1. The van der Waals surface area contributed by atoms with Gasteiger partial charge in [-0.2, -0.15) is 0 Å². The molecule has 5 heteroatoms. The topological polar surface area (TPSA) is 41.5 Å². The summed E-state index contributed by atoms with van der Waals surface area (Å²) in [7, 11) is 0. The van der Waals surface area contributed by atoms with Crippen LogP contribution in [0.2, 0.25) is 5.02 Å². The van der Waals surface area contributed by atoms with Gasteiger partial charge in [0.2, 0.25) is 0 Å². The van der Waals surface area contributed by atoms with Gasteiger partial charge in [-0.25, -0.2) is 0 Å². The third kappa shape index (κ3) is 6.54. The van der Waals surface area contributed by atoms with Gasteiger partial charge in [0.1, 0.15) is 12.4 Å². The van der Waals surface area contributed by atoms with E-state index in [2.05, 4.69) is 5.32 Å². The SMILES string of the molecule is CC(NCc1ccc(OCc2ccc(Cl)cc2)cc1)C(O)c1ccccc1.[Cl-]. The lowest BCUT2D eigenvalue weighted by atomic mass is 10.0. The van der Waals surface area contributed by atoms with Gasteiger partial charge in [-0.1, -0.05) is 66.2 Å². The molecule has 0 spiro atoms. The first-order chi connectivity index (χ1) is 13.1. The van der Waals surface area contributed by atoms with E-state index in [1.807, 2.05) is 85.8 Å². The van der Waals surface area contributed by atoms with Crippen LogP contribution in [0.15, 0.2) is 78.9 Å². The number of halogens is 2. The van der Waals surface area contributed by atoms with Crippen molar-refractivity contribution in [2.45, 2.75) is 32.2 Å². The van der Waals surface area contributed by atoms with Crippen molar-refractivity contribution in [3.63, 3.8) is 0 Å². The largest absolute Gasteiger partial charge is 1.00 e. The normalized spacial score (nSPS) is 12.7. The van der Waals surface area contributed by atoms with Crippen molar-refractivity contribution in [1.29, 1.82) is 0 Å². The number of nitrogens with one attached hydrogen (secondary N) is 1. The molecule has 2 unspecified atom stereocenters. The van der Waals surface area contributed by atoms with Gasteiger partial charge in [-0.15, -0.1) is 0 Å². The first-order valence-electron chi connectivity index (χ1n) is 9.04. The molecule has 0 aliphatic heterocycles. The van der Waals surface area contributed by atoms with Crippen LogP contribution in [0.25, 0.3) is 0 Å². The van der Waals surface area contributed by atoms with Gasteiger partial charge in [0.05, 0.1) is 6.10 Å². The second kappa shape index (κ2) is 11.1. The number of hydrogen-bond donors (Lipinski definition) is 2. The highest BCUT2D eigenvalue weighted by molar-refractivity contribution is 6.30. The van der Waals surface area contributed by atoms with Crippen LogP contribution in [0.4, 0.5) is 0 Å². The highest BCUT2D eigenvalue weighted by Crippen LogP contribution is 2.18. The summed E-state index contributed by atoms with van der Waals surface area (Å²) in [5, 5.41) is 14.5. The predicted molar refractivity (Wildman–Crippen MR) is 110 cm³/mol. The summed E-state index contributed by atoms with van der Waals surface area (Å²) in [5.74, 6) is 0.825. The number of hydrogen-bond acceptors (Lipinski definition) is 3. The maximum absolute atomic E-state index is 10.4. The van der Waals surface area contributed by atoms with Crippen LogP contribution in [-0.2, 0) is 13.2 Å². The van der Waals surface area contributed by atoms with Gasteiger partial charge in [0, 0.05) is 17.6 Å². The second-order valence-electron chi connectivity index (χ2n) is 6.58. The molecule has 2 atom stereocenters. The van der Waals surface area contributed by atoms with Crippen molar-refractivity contribution >= 4 is 11.6 Å². The molecule has 0 saturated carbocycles. The standard InChI is InChI=1S/C23H24ClNO2.ClH/c1-17(23(26)20-5-3-2-4-6-20)25-15-18-9-13-22(14-10-18)27-16-19-7-11-21(24)12-8-19;/h2-14,17,23,25-26H,15-16H2,1H3;1H/p-1. The zero-order valence-electron chi connectivity index (χ0n) is 15.7. The van der Waals surface area contributed by atoms with Crippen LogP contribution in [0.5, 0.6) is 5.75 Å². The number of rotatable bonds is 8. The Morgan fingerprint density at radius 3 is 2.14 bits per heavy atom. The third-order valence-electron chi connectivity index (χ3n) is 4.48. The van der Waals surface area contributed by atoms with Crippen LogP contribution in [0.1, 0.15) is 29.7 Å². The molecule has 3 aromatic carbocycles. The fourth-order valence-electron chi connectivity index (χ4n) is 2.78. The molecular formula is C23H24Cl2NO2-. The molecule has 0 bridgehead atoms. The average Bonchev–Trinajstić information content (AvgIpc) is 2.72. The van der Waals surface area contributed by atoms with E-state index >= 15 is 0 Å². The fraction of sp³-hybridized carbons (Fsp3) is 0.217. The maximum Gasteiger partial charge on any atom is 0.119 e. The summed E-state index contributed by atoms with van der Waals surface area (Å²) in [6, 6.07) is 25.3. The van der Waals surface area contributed by atoms with Gasteiger partial charge < -0.3 is 27.6 Å². The number of aliphatic hydroxyl groups is 1. The minimum atomic E-state index is -0.534. The zero-order chi connectivity index (χ0) is 19.1. The Hall–Kier alpha value is -2.04. The minimum Gasteiger partial charge on any atom is -1.00 e. The molecule has 0 radical (unpaired) electrons. The van der Waals surface area contributed by atoms with Crippen LogP contribution in [-0.4, -0.2) is 11.1 Å². The van der Waals surface area contributed by atoms with E-state index < -0.39 is 6.10 Å². The fourth-order valence-corrected chi connectivity index (χ4v) is 2.91. The molecule has 0 saturated heterocycles. The van der Waals surface area contributed by atoms with Gasteiger partial charge in [0.25, 0.3) is 0 Å². The number of ether oxygens (including phenoxy) is 1. The van der Waals surface area contributed by atoms with E-state index in [1.54, 1.807) is 0 Å². The lowest BCUT2D eigenvalue weighted by Crippen LogP contribution is -3.00. The maximum atomic E-state index is 10.4. The van der Waals surface area contributed by atoms with Gasteiger partial charge in [0.15, 0.2) is 0 Å². The second-order valence-corrected chi connectivity index (χ2v) is 7.02. The van der Waals surface area contributed by atoms with Crippen molar-refractivity contribution in [2.75, 3.05) is 0 Å². The van der Waals surface area contributed by atoms with E-state index in [-0.39, 0.29) is 18.4 Å². The molecule has 148 valence electrons. The monoisotopic (exact) mass is 416 g/mol. The Balaban J connectivity index is 0.00000280. The molecule has 0 aliphatic carbocycles. The van der Waals surface area contributed by atoms with E-state index in [1.165, 1.54) is 0 Å². The van der Waals surface area contributed by atoms with Crippen LogP contribution >= 0.6 is 11.6 Å². The summed E-state index contributed by atoms with van der Waals surface area (Å²) in [5.41, 5.74) is 3.14. The smallest absolute Gasteiger partial charge is 0.119 e. The molecule has 3 rings (SSSR count). The Kier molecular flexibility index (Phi) is 8.81. The predicted octanol–water partition coefficient (Wildman–Crippen LogP) is 2.13. The Bertz CT molecular complexity index is 823. The molecule has 2 N–H and O–H groups in total. The van der Waals surface area contributed by atoms with Crippen molar-refractivity contribution in [3.05, 3.63) is 101 Å². The molecule has 0 amide bonds. The highest BCUT2D eigenvalue weighted by atomic mass is 35.5. The van der Waals surface area contributed by atoms with Crippen molar-refractivity contribution in [3.8, 4) is 5.75 Å². The first kappa shape index (κ1) is 22.3. The summed E-state index contributed by atoms with van der Waals surface area (Å²) in [4.78, 5) is 0. The number of benzene rings is 3. The summed E-state index contributed by atoms with van der Waals surface area (Å²) in [6.45, 7) is 3.18. The van der Waals surface area contributed by atoms with Crippen molar-refractivity contribution in [1.82, 2.24) is 5.32 Å². The molecular weight excluding hydrogens is 393 g/mol. The van der Waals surface area contributed by atoms with Crippen LogP contribution in [0, 0.1) is 0 Å². The van der Waals surface area contributed by atoms with Gasteiger partial charge in [-0.05, 0) is 47.9 Å². The van der Waals surface area contributed by atoms with Gasteiger partial charge in [-0.3, -0.25) is 0 Å². The molecule has 3 aromatic rings. The Labute approximate surface area is 177 Å². The van der Waals surface area contributed by atoms with E-state index in [0.717, 1.165) is 27.5 Å². The van der Waals surface area contributed by atoms with Crippen LogP contribution in [0.3, 0.4) is 0 Å². The van der Waals surface area contributed by atoms with E-state index in [0.29, 0.717) is 13.2 Å². The summed E-state index contributed by atoms with van der Waals surface area (Å²) in [6.07, 6.45) is -0.534. The highest BCUT2D eigenvalue weighted by Gasteiger charge is 2.15. The van der Waals surface area contributed by atoms with E-state index in [9.17, 15) is 5.11 Å². The van der Waals surface area contributed by atoms with Crippen molar-refractivity contribution in [2.24, 2.45) is 0 Å². The summed E-state index contributed by atoms with van der Waals surface area (Å²) < 4.78 is 5.81. The van der Waals surface area contributed by atoms with Crippen molar-refractivity contribution < 1.29 is 22.3 Å². The Morgan fingerprint density at radius 1 is 0.893 bits per heavy atom. The zero-order valence-corrected chi connectivity index (χ0v) is 17.2. The first-order valence-corrected chi connectivity index (χ1v) is 9.42. The Morgan fingerprint density at radius 2 is 1.50 bits per heavy atom. The lowest BCUT2D eigenvalue weighted by molar-refractivity contribution is -0.00000721. The lowest BCUT2D eigenvalue weighted by Gasteiger charge is -2.20. The third-order valence-corrected chi connectivity index (χ3v) is 4.74. The van der Waals surface area contributed by atoms with E-state index in [4.69, 9.17) is 16.3 Å². The average molecular weight is 417 g/mol. The van der Waals surface area contributed by atoms with Gasteiger partial charge >= 0.3 is 0 Å². The molecule has 0 aliphatic rings. The molecule has 0 aromatic heterocycles. The molecule has 0 fully saturated rings. The van der Waals surface area contributed by atoms with Crippen LogP contribution < -0.4 is 22.5 Å². The quantitative estimate of drug-likeness (QED) is 0.590. The minimum absolute atomic E-state index is 0. The molecule has 0 heterocycles. The molecule has 3 nitrogen and oxygen atoms in total.